The monoisotopic (exact) mass is 426 g/mol. The zero-order valence-electron chi connectivity index (χ0n) is 19.4. The lowest BCUT2D eigenvalue weighted by molar-refractivity contribution is 0.391. The van der Waals surface area contributed by atoms with Crippen LogP contribution in [0.3, 0.4) is 0 Å². The third kappa shape index (κ3) is 6.00. The van der Waals surface area contributed by atoms with E-state index in [1.54, 1.807) is 0 Å². The van der Waals surface area contributed by atoms with Gasteiger partial charge in [-0.15, -0.1) is 11.3 Å². The van der Waals surface area contributed by atoms with Gasteiger partial charge in [0, 0.05) is 44.4 Å². The smallest absolute Gasteiger partial charge is 0.201 e. The van der Waals surface area contributed by atoms with E-state index in [2.05, 4.69) is 98.0 Å². The van der Waals surface area contributed by atoms with Crippen molar-refractivity contribution in [1.29, 1.82) is 0 Å². The Morgan fingerprint density at radius 3 is 2.33 bits per heavy atom. The van der Waals surface area contributed by atoms with E-state index in [1.165, 1.54) is 20.6 Å². The van der Waals surface area contributed by atoms with Gasteiger partial charge in [0.1, 0.15) is 13.6 Å². The standard InChI is InChI=1S/C24H36N5S/c1-26(2)13-7-15-28(5)19-9-11-21-23(17-19)30-24-18-20(10-12-22(24)25-21)29(6)16-8-14-27(3)4/h9-12,17-18H,7-8,13-16H2,1-6H3/q+1. The van der Waals surface area contributed by atoms with Crippen molar-refractivity contribution in [1.82, 2.24) is 19.4 Å². The zero-order chi connectivity index (χ0) is 21.7. The largest absolute Gasteiger partial charge is 0.375 e. The van der Waals surface area contributed by atoms with Crippen LogP contribution in [0, 0.1) is 0 Å². The number of nitrogens with zero attached hydrogens (tertiary/aromatic N) is 5. The minimum atomic E-state index is 1.05. The van der Waals surface area contributed by atoms with Gasteiger partial charge in [-0.25, -0.2) is 9.56 Å². The Bertz CT molecular complexity index is 1010. The first-order chi connectivity index (χ1) is 14.3. The molecule has 3 rings (SSSR count). The summed E-state index contributed by atoms with van der Waals surface area (Å²) in [4.78, 5) is 13.0. The molecular formula is C24H36N5S+. The zero-order valence-corrected chi connectivity index (χ0v) is 20.2. The SMILES string of the molecule is CN(C)CCCN(C)c1ccc2nc3ccc(=[N+](C)CCCN(C)C)cc-3sc2c1. The van der Waals surface area contributed by atoms with Crippen molar-refractivity contribution in [2.24, 2.45) is 0 Å². The number of fused-ring (bicyclic) bond motifs is 2. The molecule has 0 aromatic heterocycles. The molecule has 1 heterocycles. The van der Waals surface area contributed by atoms with Crippen LogP contribution in [0.4, 0.5) is 5.69 Å². The second-order valence-electron chi connectivity index (χ2n) is 8.67. The van der Waals surface area contributed by atoms with Crippen LogP contribution in [-0.4, -0.2) is 83.2 Å². The topological polar surface area (TPSA) is 25.6 Å². The van der Waals surface area contributed by atoms with Gasteiger partial charge in [-0.05, 0) is 65.4 Å². The molecule has 0 N–H and O–H groups in total. The molecule has 1 aliphatic carbocycles. The van der Waals surface area contributed by atoms with E-state index in [0.29, 0.717) is 0 Å². The molecular weight excluding hydrogens is 390 g/mol. The lowest BCUT2D eigenvalue weighted by atomic mass is 10.2. The number of rotatable bonds is 9. The average molecular weight is 427 g/mol. The van der Waals surface area contributed by atoms with Crippen molar-refractivity contribution in [3.8, 4) is 10.6 Å². The van der Waals surface area contributed by atoms with E-state index >= 15 is 0 Å². The highest BCUT2D eigenvalue weighted by molar-refractivity contribution is 7.21. The van der Waals surface area contributed by atoms with Crippen molar-refractivity contribution < 1.29 is 0 Å². The van der Waals surface area contributed by atoms with Crippen molar-refractivity contribution in [3.05, 3.63) is 41.8 Å². The average Bonchev–Trinajstić information content (AvgIpc) is 2.70. The molecule has 0 atom stereocenters. The highest BCUT2D eigenvalue weighted by Crippen LogP contribution is 2.31. The molecule has 30 heavy (non-hydrogen) atoms. The molecule has 1 aromatic rings. The van der Waals surface area contributed by atoms with E-state index in [9.17, 15) is 0 Å². The second kappa shape index (κ2) is 10.3. The molecule has 0 fully saturated rings. The number of hydrogen-bond acceptors (Lipinski definition) is 5. The molecule has 162 valence electrons. The highest BCUT2D eigenvalue weighted by Gasteiger charge is 2.11. The van der Waals surface area contributed by atoms with Gasteiger partial charge < -0.3 is 14.7 Å². The van der Waals surface area contributed by atoms with Crippen LogP contribution in [0.2, 0.25) is 0 Å². The van der Waals surface area contributed by atoms with Crippen LogP contribution < -0.4 is 14.8 Å². The maximum Gasteiger partial charge on any atom is 0.201 e. The third-order valence-electron chi connectivity index (χ3n) is 5.43. The molecule has 1 aromatic carbocycles. The Morgan fingerprint density at radius 1 is 0.867 bits per heavy atom. The number of hydrogen-bond donors (Lipinski definition) is 0. The van der Waals surface area contributed by atoms with E-state index in [-0.39, 0.29) is 0 Å². The van der Waals surface area contributed by atoms with E-state index in [4.69, 9.17) is 4.98 Å². The summed E-state index contributed by atoms with van der Waals surface area (Å²) in [6, 6.07) is 13.3. The maximum atomic E-state index is 4.91. The lowest BCUT2D eigenvalue weighted by Crippen LogP contribution is -2.28. The van der Waals surface area contributed by atoms with Gasteiger partial charge in [-0.2, -0.15) is 0 Å². The molecule has 0 amide bonds. The summed E-state index contributed by atoms with van der Waals surface area (Å²) in [5, 5.41) is 1.26. The summed E-state index contributed by atoms with van der Waals surface area (Å²) in [6.45, 7) is 4.32. The van der Waals surface area contributed by atoms with Crippen LogP contribution in [0.15, 0.2) is 36.4 Å². The fraction of sp³-hybridized carbons (Fsp3) is 0.500. The van der Waals surface area contributed by atoms with Crippen LogP contribution in [0.25, 0.3) is 20.8 Å². The third-order valence-corrected chi connectivity index (χ3v) is 6.52. The minimum absolute atomic E-state index is 1.05. The molecule has 0 saturated heterocycles. The van der Waals surface area contributed by atoms with Gasteiger partial charge in [0.05, 0.1) is 20.8 Å². The fourth-order valence-corrected chi connectivity index (χ4v) is 4.62. The Morgan fingerprint density at radius 2 is 1.60 bits per heavy atom. The minimum Gasteiger partial charge on any atom is -0.375 e. The normalized spacial score (nSPS) is 12.9. The maximum absolute atomic E-state index is 4.91. The molecule has 1 aliphatic heterocycles. The van der Waals surface area contributed by atoms with Crippen LogP contribution in [-0.2, 0) is 0 Å². The van der Waals surface area contributed by atoms with E-state index in [1.807, 2.05) is 11.3 Å². The second-order valence-corrected chi connectivity index (χ2v) is 9.76. The summed E-state index contributed by atoms with van der Waals surface area (Å²) in [5.41, 5.74) is 3.41. The van der Waals surface area contributed by atoms with Crippen LogP contribution in [0.5, 0.6) is 0 Å². The first-order valence-electron chi connectivity index (χ1n) is 10.7. The van der Waals surface area contributed by atoms with Gasteiger partial charge in [0.25, 0.3) is 0 Å². The van der Waals surface area contributed by atoms with Gasteiger partial charge >= 0.3 is 0 Å². The van der Waals surface area contributed by atoms with Gasteiger partial charge in [-0.3, -0.25) is 0 Å². The van der Waals surface area contributed by atoms with Crippen LogP contribution in [0.1, 0.15) is 12.8 Å². The summed E-state index contributed by atoms with van der Waals surface area (Å²) < 4.78 is 3.58. The fourth-order valence-electron chi connectivity index (χ4n) is 3.58. The molecule has 0 radical (unpaired) electrons. The molecule has 0 unspecified atom stereocenters. The summed E-state index contributed by atoms with van der Waals surface area (Å²) in [6.07, 6.45) is 2.31. The first kappa shape index (κ1) is 22.7. The number of benzene rings is 2. The summed E-state index contributed by atoms with van der Waals surface area (Å²) >= 11 is 1.84. The van der Waals surface area contributed by atoms with E-state index in [0.717, 1.165) is 50.2 Å². The number of aromatic nitrogens is 1. The Balaban J connectivity index is 1.86. The predicted octanol–water partition coefficient (Wildman–Crippen LogP) is 3.14. The van der Waals surface area contributed by atoms with Crippen LogP contribution >= 0.6 is 11.3 Å². The van der Waals surface area contributed by atoms with E-state index < -0.39 is 0 Å². The molecule has 5 nitrogen and oxygen atoms in total. The lowest BCUT2D eigenvalue weighted by Gasteiger charge is -2.21. The number of anilines is 1. The molecule has 0 saturated carbocycles. The van der Waals surface area contributed by atoms with Gasteiger partial charge in [-0.1, -0.05) is 0 Å². The Kier molecular flexibility index (Phi) is 7.81. The predicted molar refractivity (Wildman–Crippen MR) is 132 cm³/mol. The first-order valence-corrected chi connectivity index (χ1v) is 11.5. The van der Waals surface area contributed by atoms with Crippen molar-refractivity contribution in [2.75, 3.05) is 73.4 Å². The van der Waals surface area contributed by atoms with Crippen molar-refractivity contribution >= 4 is 27.2 Å². The Hall–Kier alpha value is -2.02. The molecule has 2 aliphatic rings. The summed E-state index contributed by atoms with van der Waals surface area (Å²) in [5.74, 6) is 0. The quantitative estimate of drug-likeness (QED) is 0.388. The van der Waals surface area contributed by atoms with Gasteiger partial charge in [0.15, 0.2) is 0 Å². The summed E-state index contributed by atoms with van der Waals surface area (Å²) in [7, 11) is 12.9. The van der Waals surface area contributed by atoms with Gasteiger partial charge in [0.2, 0.25) is 5.36 Å². The highest BCUT2D eigenvalue weighted by atomic mass is 32.1. The van der Waals surface area contributed by atoms with Crippen molar-refractivity contribution in [3.63, 3.8) is 0 Å². The Labute approximate surface area is 185 Å². The molecule has 6 heteroatoms. The van der Waals surface area contributed by atoms with Crippen molar-refractivity contribution in [2.45, 2.75) is 12.8 Å². The molecule has 0 bridgehead atoms. The molecule has 0 spiro atoms.